The molecule has 0 heterocycles. The molecular weight excluding hydrogens is 533 g/mol. The number of nitrogens with two attached hydrogens (primary N) is 1. The minimum atomic E-state index is -4.14. The molecule has 13 heteroatoms. The lowest BCUT2D eigenvalue weighted by Gasteiger charge is -2.30. The van der Waals surface area contributed by atoms with E-state index in [1.165, 1.54) is 17.7 Å². The molecule has 1 aliphatic rings. The monoisotopic (exact) mass is 571 g/mol. The molecular formula is C27H38BN5O6S. The van der Waals surface area contributed by atoms with Crippen LogP contribution in [0.25, 0.3) is 0 Å². The second-order valence-corrected chi connectivity index (χ2v) is 11.5. The number of carbonyl (C=O) groups is 2. The van der Waals surface area contributed by atoms with E-state index in [4.69, 9.17) is 15.2 Å². The third kappa shape index (κ3) is 9.07. The lowest BCUT2D eigenvalue weighted by molar-refractivity contribution is -0.143. The molecule has 1 atom stereocenters. The van der Waals surface area contributed by atoms with Crippen molar-refractivity contribution in [3.63, 3.8) is 0 Å². The van der Waals surface area contributed by atoms with Crippen molar-refractivity contribution in [3.8, 4) is 0 Å². The number of amides is 2. The van der Waals surface area contributed by atoms with E-state index in [1.54, 1.807) is 18.2 Å². The zero-order valence-corrected chi connectivity index (χ0v) is 23.3. The van der Waals surface area contributed by atoms with Gasteiger partial charge < -0.3 is 26.7 Å². The molecule has 216 valence electrons. The maximum Gasteiger partial charge on any atom is 0.471 e. The van der Waals surface area contributed by atoms with E-state index in [0.29, 0.717) is 19.4 Å². The van der Waals surface area contributed by atoms with Crippen LogP contribution in [0.1, 0.15) is 50.5 Å². The standard InChI is InChI=1S/C27H38BN5O6S/c29-26(30)33-23(16-9-19-28(36)39-40(37,38)22-14-5-2-6-15-22)32-25(35)27(17-7-8-18-27)24(34)31-20-10-13-21-11-3-1-4-12-21/h1-6,11-12,14-15,23,36H,7-10,13,16-20H2,(H,31,34)(H,32,35)(H4,29,30,33). The molecule has 3 rings (SSSR count). The highest BCUT2D eigenvalue weighted by Crippen LogP contribution is 2.39. The summed E-state index contributed by atoms with van der Waals surface area (Å²) in [5, 5.41) is 26.2. The Labute approximate surface area is 236 Å². The molecule has 0 aliphatic heterocycles. The Balaban J connectivity index is 1.52. The smallest absolute Gasteiger partial charge is 0.426 e. The average Bonchev–Trinajstić information content (AvgIpc) is 3.43. The molecule has 7 N–H and O–H groups in total. The van der Waals surface area contributed by atoms with Gasteiger partial charge in [-0.25, -0.2) is 0 Å². The first kappa shape index (κ1) is 31.1. The fraction of sp³-hybridized carbons (Fsp3) is 0.444. The SMILES string of the molecule is N=C(N)NC(CCCB(O)OS(=O)(=O)c1ccccc1)NC(=O)C1(C(=O)NCCCc2ccccc2)CCCC1. The molecule has 1 fully saturated rings. The fourth-order valence-corrected chi connectivity index (χ4v) is 5.83. The van der Waals surface area contributed by atoms with Gasteiger partial charge in [0.25, 0.3) is 10.1 Å². The highest BCUT2D eigenvalue weighted by Gasteiger charge is 2.48. The summed E-state index contributed by atoms with van der Waals surface area (Å²) in [4.78, 5) is 26.6. The molecule has 1 aliphatic carbocycles. The molecule has 1 unspecified atom stereocenters. The van der Waals surface area contributed by atoms with Crippen molar-refractivity contribution < 1.29 is 27.1 Å². The second-order valence-electron chi connectivity index (χ2n) is 9.97. The van der Waals surface area contributed by atoms with Crippen LogP contribution in [0.4, 0.5) is 0 Å². The molecule has 11 nitrogen and oxygen atoms in total. The quantitative estimate of drug-likeness (QED) is 0.0468. The normalized spacial score (nSPS) is 15.1. The van der Waals surface area contributed by atoms with Gasteiger partial charge in [0.05, 0.1) is 4.90 Å². The average molecular weight is 572 g/mol. The van der Waals surface area contributed by atoms with Gasteiger partial charge in [0.2, 0.25) is 11.8 Å². The summed E-state index contributed by atoms with van der Waals surface area (Å²) in [6, 6.07) is 17.4. The predicted octanol–water partition coefficient (Wildman–Crippen LogP) is 1.89. The molecule has 40 heavy (non-hydrogen) atoms. The molecule has 2 aromatic carbocycles. The Bertz CT molecular complexity index is 1230. The van der Waals surface area contributed by atoms with Gasteiger partial charge in [0.1, 0.15) is 11.6 Å². The van der Waals surface area contributed by atoms with E-state index < -0.39 is 34.7 Å². The number of hydrogen-bond donors (Lipinski definition) is 6. The van der Waals surface area contributed by atoms with Crippen LogP contribution in [0.3, 0.4) is 0 Å². The fourth-order valence-electron chi connectivity index (χ4n) is 4.84. The number of benzene rings is 2. The maximum atomic E-state index is 13.4. The Morgan fingerprint density at radius 3 is 2.25 bits per heavy atom. The minimum absolute atomic E-state index is 0.0505. The molecule has 1 saturated carbocycles. The first-order valence-corrected chi connectivity index (χ1v) is 14.9. The van der Waals surface area contributed by atoms with Gasteiger partial charge >= 0.3 is 7.12 Å². The van der Waals surface area contributed by atoms with Crippen molar-refractivity contribution in [2.24, 2.45) is 11.1 Å². The van der Waals surface area contributed by atoms with Crippen LogP contribution in [0.5, 0.6) is 0 Å². The van der Waals surface area contributed by atoms with Crippen LogP contribution < -0.4 is 21.7 Å². The molecule has 2 aromatic rings. The van der Waals surface area contributed by atoms with Crippen LogP contribution in [-0.2, 0) is 30.2 Å². The van der Waals surface area contributed by atoms with Crippen LogP contribution in [0.15, 0.2) is 65.6 Å². The number of nitrogens with one attached hydrogen (secondary N) is 4. The predicted molar refractivity (Wildman–Crippen MR) is 152 cm³/mol. The van der Waals surface area contributed by atoms with Gasteiger partial charge in [-0.2, -0.15) is 8.42 Å². The molecule has 0 saturated heterocycles. The Morgan fingerprint density at radius 1 is 1.00 bits per heavy atom. The lowest BCUT2D eigenvalue weighted by atomic mass is 9.82. The van der Waals surface area contributed by atoms with Crippen LogP contribution >= 0.6 is 0 Å². The molecule has 0 aromatic heterocycles. The Hall–Kier alpha value is -3.42. The van der Waals surface area contributed by atoms with E-state index in [9.17, 15) is 23.0 Å². The molecule has 0 radical (unpaired) electrons. The highest BCUT2D eigenvalue weighted by molar-refractivity contribution is 7.87. The van der Waals surface area contributed by atoms with Crippen molar-refractivity contribution in [3.05, 3.63) is 66.2 Å². The van der Waals surface area contributed by atoms with Gasteiger partial charge in [-0.05, 0) is 56.1 Å². The van der Waals surface area contributed by atoms with Crippen LogP contribution in [0.2, 0.25) is 6.32 Å². The number of rotatable bonds is 15. The molecule has 0 bridgehead atoms. The van der Waals surface area contributed by atoms with Crippen molar-refractivity contribution in [1.29, 1.82) is 5.41 Å². The van der Waals surface area contributed by atoms with Crippen molar-refractivity contribution >= 4 is 35.0 Å². The van der Waals surface area contributed by atoms with Gasteiger partial charge in [0, 0.05) is 6.54 Å². The summed E-state index contributed by atoms with van der Waals surface area (Å²) in [7, 11) is -5.73. The summed E-state index contributed by atoms with van der Waals surface area (Å²) in [5.41, 5.74) is 5.48. The number of aryl methyl sites for hydroxylation is 1. The molecule has 2 amide bonds. The Morgan fingerprint density at radius 2 is 1.62 bits per heavy atom. The van der Waals surface area contributed by atoms with Crippen LogP contribution in [-0.4, -0.2) is 51.0 Å². The third-order valence-electron chi connectivity index (χ3n) is 6.95. The number of carbonyl (C=O) groups excluding carboxylic acids is 2. The second kappa shape index (κ2) is 14.8. The zero-order valence-electron chi connectivity index (χ0n) is 22.5. The van der Waals surface area contributed by atoms with Crippen molar-refractivity contribution in [2.45, 2.75) is 68.7 Å². The number of guanidine groups is 1. The van der Waals surface area contributed by atoms with E-state index >= 15 is 0 Å². The largest absolute Gasteiger partial charge is 0.471 e. The zero-order chi connectivity index (χ0) is 29.0. The van der Waals surface area contributed by atoms with E-state index in [-0.39, 0.29) is 35.9 Å². The topological polar surface area (TPSA) is 184 Å². The summed E-state index contributed by atoms with van der Waals surface area (Å²) < 4.78 is 29.5. The Kier molecular flexibility index (Phi) is 11.5. The highest BCUT2D eigenvalue weighted by atomic mass is 32.2. The van der Waals surface area contributed by atoms with E-state index in [0.717, 1.165) is 25.7 Å². The summed E-state index contributed by atoms with van der Waals surface area (Å²) in [6.07, 6.45) is 3.46. The molecule has 0 spiro atoms. The summed E-state index contributed by atoms with van der Waals surface area (Å²) >= 11 is 0. The minimum Gasteiger partial charge on any atom is -0.426 e. The maximum absolute atomic E-state index is 13.4. The summed E-state index contributed by atoms with van der Waals surface area (Å²) in [6.45, 7) is 0.446. The third-order valence-corrected chi connectivity index (χ3v) is 8.27. The van der Waals surface area contributed by atoms with Gasteiger partial charge in [0.15, 0.2) is 5.96 Å². The van der Waals surface area contributed by atoms with Crippen molar-refractivity contribution in [1.82, 2.24) is 16.0 Å². The van der Waals surface area contributed by atoms with E-state index in [2.05, 4.69) is 16.0 Å². The van der Waals surface area contributed by atoms with Gasteiger partial charge in [-0.3, -0.25) is 19.1 Å². The van der Waals surface area contributed by atoms with Crippen molar-refractivity contribution in [2.75, 3.05) is 6.54 Å². The van der Waals surface area contributed by atoms with Gasteiger partial charge in [-0.15, -0.1) is 0 Å². The van der Waals surface area contributed by atoms with Gasteiger partial charge in [-0.1, -0.05) is 67.8 Å². The first-order valence-electron chi connectivity index (χ1n) is 13.5. The van der Waals surface area contributed by atoms with E-state index in [1.807, 2.05) is 30.3 Å². The lowest BCUT2D eigenvalue weighted by Crippen LogP contribution is -2.57. The van der Waals surface area contributed by atoms with Crippen LogP contribution in [0, 0.1) is 10.8 Å². The number of hydrogen-bond acceptors (Lipinski definition) is 7. The summed E-state index contributed by atoms with van der Waals surface area (Å²) in [5.74, 6) is -1.14. The first-order chi connectivity index (χ1) is 19.1.